The lowest BCUT2D eigenvalue weighted by atomic mass is 10.1. The van der Waals surface area contributed by atoms with E-state index in [0.29, 0.717) is 6.54 Å². The van der Waals surface area contributed by atoms with Gasteiger partial charge in [0.2, 0.25) is 0 Å². The summed E-state index contributed by atoms with van der Waals surface area (Å²) in [6.45, 7) is 0.385. The summed E-state index contributed by atoms with van der Waals surface area (Å²) in [5, 5.41) is 9.99. The van der Waals surface area contributed by atoms with Gasteiger partial charge in [0.15, 0.2) is 0 Å². The maximum Gasteiger partial charge on any atom is 0.416 e. The van der Waals surface area contributed by atoms with Crippen molar-refractivity contribution in [1.29, 1.82) is 0 Å². The molecule has 3 rings (SSSR count). The summed E-state index contributed by atoms with van der Waals surface area (Å²) >= 11 is 1.56. The first kappa shape index (κ1) is 13.8. The van der Waals surface area contributed by atoms with Gasteiger partial charge in [-0.05, 0) is 29.1 Å². The number of hydrogen-bond acceptors (Lipinski definition) is 3. The Balaban J connectivity index is 1.75. The summed E-state index contributed by atoms with van der Waals surface area (Å²) in [7, 11) is 0. The molecule has 0 radical (unpaired) electrons. The van der Waals surface area contributed by atoms with Crippen molar-refractivity contribution in [3.05, 3.63) is 59.1 Å². The smallest absolute Gasteiger partial charge is 0.247 e. The minimum atomic E-state index is -4.31. The summed E-state index contributed by atoms with van der Waals surface area (Å²) in [4.78, 5) is 1.01. The van der Waals surface area contributed by atoms with Crippen molar-refractivity contribution in [2.75, 3.05) is 0 Å². The molecule has 0 fully saturated rings. The van der Waals surface area contributed by atoms with Crippen molar-refractivity contribution < 1.29 is 13.2 Å². The summed E-state index contributed by atoms with van der Waals surface area (Å²) in [6, 6.07) is 8.93. The molecule has 0 unspecified atom stereocenters. The average Bonchev–Trinajstić information content (AvgIpc) is 3.08. The first-order valence-electron chi connectivity index (χ1n) is 6.12. The molecule has 7 heteroatoms. The Bertz CT molecular complexity index is 715. The van der Waals surface area contributed by atoms with E-state index in [4.69, 9.17) is 0 Å². The van der Waals surface area contributed by atoms with Crippen LogP contribution in [0.15, 0.2) is 48.0 Å². The van der Waals surface area contributed by atoms with Crippen LogP contribution in [-0.4, -0.2) is 15.0 Å². The Labute approximate surface area is 122 Å². The molecule has 3 nitrogen and oxygen atoms in total. The molecule has 3 aromatic rings. The van der Waals surface area contributed by atoms with E-state index in [1.165, 1.54) is 12.1 Å². The standard InChI is InChI=1S/C14H10F3N3S/c15-14(16,17)11-5-3-10(4-6-11)8-20-9-12(18-19-20)13-2-1-7-21-13/h1-7,9H,8H2. The maximum absolute atomic E-state index is 12.5. The molecule has 2 heterocycles. The molecule has 0 aliphatic heterocycles. The fraction of sp³-hybridized carbons (Fsp3) is 0.143. The number of thiophene rings is 1. The number of aromatic nitrogens is 3. The van der Waals surface area contributed by atoms with Gasteiger partial charge in [0.05, 0.1) is 23.2 Å². The third-order valence-corrected chi connectivity index (χ3v) is 3.83. The van der Waals surface area contributed by atoms with Gasteiger partial charge in [0.25, 0.3) is 0 Å². The van der Waals surface area contributed by atoms with Crippen LogP contribution in [0.4, 0.5) is 13.2 Å². The minimum Gasteiger partial charge on any atom is -0.247 e. The second kappa shape index (κ2) is 5.33. The average molecular weight is 309 g/mol. The quantitative estimate of drug-likeness (QED) is 0.730. The zero-order valence-corrected chi connectivity index (χ0v) is 11.5. The van der Waals surface area contributed by atoms with E-state index >= 15 is 0 Å². The van der Waals surface area contributed by atoms with Crippen molar-refractivity contribution in [2.24, 2.45) is 0 Å². The highest BCUT2D eigenvalue weighted by Gasteiger charge is 2.29. The van der Waals surface area contributed by atoms with Gasteiger partial charge in [0, 0.05) is 0 Å². The Hall–Kier alpha value is -2.15. The molecule has 0 aliphatic carbocycles. The van der Waals surface area contributed by atoms with E-state index in [1.54, 1.807) is 22.2 Å². The Morgan fingerprint density at radius 2 is 1.86 bits per heavy atom. The Kier molecular flexibility index (Phi) is 3.50. The second-order valence-corrected chi connectivity index (χ2v) is 5.42. The topological polar surface area (TPSA) is 30.7 Å². The van der Waals surface area contributed by atoms with Crippen molar-refractivity contribution >= 4 is 11.3 Å². The van der Waals surface area contributed by atoms with Crippen LogP contribution in [-0.2, 0) is 12.7 Å². The maximum atomic E-state index is 12.5. The zero-order chi connectivity index (χ0) is 14.9. The molecule has 0 atom stereocenters. The molecule has 0 saturated carbocycles. The largest absolute Gasteiger partial charge is 0.416 e. The fourth-order valence-corrected chi connectivity index (χ4v) is 2.57. The summed E-state index contributed by atoms with van der Waals surface area (Å²) in [5.41, 5.74) is 0.853. The molecule has 108 valence electrons. The number of rotatable bonds is 3. The highest BCUT2D eigenvalue weighted by atomic mass is 32.1. The van der Waals surface area contributed by atoms with Gasteiger partial charge < -0.3 is 0 Å². The lowest BCUT2D eigenvalue weighted by molar-refractivity contribution is -0.137. The highest BCUT2D eigenvalue weighted by molar-refractivity contribution is 7.13. The third-order valence-electron chi connectivity index (χ3n) is 2.94. The van der Waals surface area contributed by atoms with Crippen molar-refractivity contribution in [3.8, 4) is 10.6 Å². The van der Waals surface area contributed by atoms with Crippen LogP contribution in [0.1, 0.15) is 11.1 Å². The van der Waals surface area contributed by atoms with Gasteiger partial charge in [-0.3, -0.25) is 0 Å². The number of halogens is 3. The molecule has 0 N–H and O–H groups in total. The van der Waals surface area contributed by atoms with E-state index in [2.05, 4.69) is 10.3 Å². The Morgan fingerprint density at radius 3 is 2.48 bits per heavy atom. The molecule has 2 aromatic heterocycles. The lowest BCUT2D eigenvalue weighted by Gasteiger charge is -2.07. The molecule has 0 aliphatic rings. The van der Waals surface area contributed by atoms with Crippen LogP contribution in [0.25, 0.3) is 10.6 Å². The van der Waals surface area contributed by atoms with Crippen LogP contribution < -0.4 is 0 Å². The molecule has 21 heavy (non-hydrogen) atoms. The molecular weight excluding hydrogens is 299 g/mol. The molecule has 1 aromatic carbocycles. The van der Waals surface area contributed by atoms with Crippen molar-refractivity contribution in [3.63, 3.8) is 0 Å². The monoisotopic (exact) mass is 309 g/mol. The first-order valence-corrected chi connectivity index (χ1v) is 7.00. The predicted molar refractivity (Wildman–Crippen MR) is 73.9 cm³/mol. The molecular formula is C14H10F3N3S. The van der Waals surface area contributed by atoms with E-state index < -0.39 is 11.7 Å². The number of alkyl halides is 3. The molecule has 0 saturated heterocycles. The fourth-order valence-electron chi connectivity index (χ4n) is 1.90. The first-order chi connectivity index (χ1) is 10.0. The van der Waals surface area contributed by atoms with Crippen LogP contribution in [0.5, 0.6) is 0 Å². The van der Waals surface area contributed by atoms with Gasteiger partial charge in [-0.25, -0.2) is 4.68 Å². The van der Waals surface area contributed by atoms with Crippen LogP contribution >= 0.6 is 11.3 Å². The molecule has 0 spiro atoms. The van der Waals surface area contributed by atoms with E-state index in [1.807, 2.05) is 17.5 Å². The summed E-state index contributed by atoms with van der Waals surface area (Å²) in [5.74, 6) is 0. The highest BCUT2D eigenvalue weighted by Crippen LogP contribution is 2.29. The van der Waals surface area contributed by atoms with Crippen molar-refractivity contribution in [2.45, 2.75) is 12.7 Å². The SMILES string of the molecule is FC(F)(F)c1ccc(Cn2cc(-c3cccs3)nn2)cc1. The predicted octanol–water partition coefficient (Wildman–Crippen LogP) is 4.07. The molecule has 0 amide bonds. The van der Waals surface area contributed by atoms with Gasteiger partial charge in [0.1, 0.15) is 5.69 Å². The van der Waals surface area contributed by atoms with Crippen LogP contribution in [0.2, 0.25) is 0 Å². The van der Waals surface area contributed by atoms with Gasteiger partial charge >= 0.3 is 6.18 Å². The minimum absolute atomic E-state index is 0.385. The van der Waals surface area contributed by atoms with E-state index in [0.717, 1.165) is 28.3 Å². The van der Waals surface area contributed by atoms with Gasteiger partial charge in [-0.15, -0.1) is 16.4 Å². The molecule has 0 bridgehead atoms. The lowest BCUT2D eigenvalue weighted by Crippen LogP contribution is -2.05. The van der Waals surface area contributed by atoms with Crippen LogP contribution in [0.3, 0.4) is 0 Å². The normalized spacial score (nSPS) is 11.8. The van der Waals surface area contributed by atoms with E-state index in [-0.39, 0.29) is 0 Å². The van der Waals surface area contributed by atoms with E-state index in [9.17, 15) is 13.2 Å². The third kappa shape index (κ3) is 3.13. The number of benzene rings is 1. The Morgan fingerprint density at radius 1 is 1.10 bits per heavy atom. The van der Waals surface area contributed by atoms with Crippen LogP contribution in [0, 0.1) is 0 Å². The summed E-state index contributed by atoms with van der Waals surface area (Å²) < 4.78 is 39.1. The van der Waals surface area contributed by atoms with Gasteiger partial charge in [-0.1, -0.05) is 23.4 Å². The number of hydrogen-bond donors (Lipinski definition) is 0. The second-order valence-electron chi connectivity index (χ2n) is 4.47. The summed E-state index contributed by atoms with van der Waals surface area (Å²) in [6.07, 6.45) is -2.53. The van der Waals surface area contributed by atoms with Gasteiger partial charge in [-0.2, -0.15) is 13.2 Å². The van der Waals surface area contributed by atoms with Crippen molar-refractivity contribution in [1.82, 2.24) is 15.0 Å². The number of nitrogens with zero attached hydrogens (tertiary/aromatic N) is 3. The zero-order valence-electron chi connectivity index (χ0n) is 10.7.